The number of hydrogen-bond acceptors (Lipinski definition) is 2. The molecule has 0 aliphatic heterocycles. The fourth-order valence-electron chi connectivity index (χ4n) is 1.83. The van der Waals surface area contributed by atoms with E-state index in [1.165, 1.54) is 21.6 Å². The minimum atomic E-state index is 0.926. The molecular weight excluding hydrogens is 282 g/mol. The van der Waals surface area contributed by atoms with Crippen molar-refractivity contribution in [3.8, 4) is 11.1 Å². The van der Waals surface area contributed by atoms with Crippen molar-refractivity contribution >= 4 is 27.3 Å². The molecule has 2 aromatic rings. The van der Waals surface area contributed by atoms with Gasteiger partial charge < -0.3 is 5.32 Å². The average molecular weight is 296 g/mol. The first-order valence-corrected chi connectivity index (χ1v) is 6.87. The second kappa shape index (κ2) is 5.13. The molecule has 0 atom stereocenters. The number of rotatable bonds is 3. The molecule has 0 saturated heterocycles. The van der Waals surface area contributed by atoms with Crippen LogP contribution in [-0.2, 0) is 6.54 Å². The predicted molar refractivity (Wildman–Crippen MR) is 75.0 cm³/mol. The zero-order chi connectivity index (χ0) is 11.5. The van der Waals surface area contributed by atoms with Gasteiger partial charge in [0.2, 0.25) is 0 Å². The van der Waals surface area contributed by atoms with E-state index in [2.05, 4.69) is 57.8 Å². The van der Waals surface area contributed by atoms with Gasteiger partial charge in [-0.25, -0.2) is 0 Å². The second-order valence-corrected chi connectivity index (χ2v) is 5.73. The van der Waals surface area contributed by atoms with Crippen LogP contribution in [0.3, 0.4) is 0 Å². The van der Waals surface area contributed by atoms with Crippen molar-refractivity contribution in [2.24, 2.45) is 0 Å². The van der Waals surface area contributed by atoms with Gasteiger partial charge in [0.15, 0.2) is 0 Å². The molecule has 0 saturated carbocycles. The third-order valence-corrected chi connectivity index (χ3v) is 4.04. The smallest absolute Gasteiger partial charge is 0.0217 e. The summed E-state index contributed by atoms with van der Waals surface area (Å²) in [5, 5.41) is 5.46. The van der Waals surface area contributed by atoms with Crippen LogP contribution in [0.4, 0.5) is 0 Å². The summed E-state index contributed by atoms with van der Waals surface area (Å²) < 4.78 is 1.12. The molecule has 0 spiro atoms. The first kappa shape index (κ1) is 11.8. The van der Waals surface area contributed by atoms with Gasteiger partial charge in [-0.1, -0.05) is 28.1 Å². The fourth-order valence-corrected chi connectivity index (χ4v) is 2.98. The number of nitrogens with one attached hydrogen (secondary N) is 1. The van der Waals surface area contributed by atoms with Gasteiger partial charge >= 0.3 is 0 Å². The Bertz CT molecular complexity index is 473. The summed E-state index contributed by atoms with van der Waals surface area (Å²) in [5.41, 5.74) is 4.06. The van der Waals surface area contributed by atoms with Crippen molar-refractivity contribution < 1.29 is 0 Å². The molecule has 1 heterocycles. The maximum Gasteiger partial charge on any atom is 0.0217 e. The van der Waals surface area contributed by atoms with E-state index in [4.69, 9.17) is 0 Å². The van der Waals surface area contributed by atoms with Crippen molar-refractivity contribution in [1.29, 1.82) is 0 Å². The van der Waals surface area contributed by atoms with Crippen LogP contribution in [0.15, 0.2) is 34.1 Å². The van der Waals surface area contributed by atoms with Crippen molar-refractivity contribution in [1.82, 2.24) is 5.32 Å². The first-order chi connectivity index (χ1) is 7.72. The summed E-state index contributed by atoms with van der Waals surface area (Å²) in [4.78, 5) is 1.38. The van der Waals surface area contributed by atoms with E-state index in [-0.39, 0.29) is 0 Å². The highest BCUT2D eigenvalue weighted by Crippen LogP contribution is 2.32. The van der Waals surface area contributed by atoms with Crippen molar-refractivity contribution in [2.75, 3.05) is 7.05 Å². The number of halogens is 1. The van der Waals surface area contributed by atoms with Crippen LogP contribution in [0.1, 0.15) is 10.4 Å². The molecule has 84 valence electrons. The third kappa shape index (κ3) is 2.37. The molecule has 1 aromatic heterocycles. The van der Waals surface area contributed by atoms with Crippen LogP contribution in [0, 0.1) is 6.92 Å². The quantitative estimate of drug-likeness (QED) is 0.895. The van der Waals surface area contributed by atoms with E-state index < -0.39 is 0 Å². The van der Waals surface area contributed by atoms with E-state index in [0.29, 0.717) is 0 Å². The van der Waals surface area contributed by atoms with E-state index in [0.717, 1.165) is 11.0 Å². The summed E-state index contributed by atoms with van der Waals surface area (Å²) in [6.45, 7) is 3.11. The maximum absolute atomic E-state index is 3.47. The zero-order valence-electron chi connectivity index (χ0n) is 9.38. The highest BCUT2D eigenvalue weighted by Gasteiger charge is 2.09. The minimum Gasteiger partial charge on any atom is -0.316 e. The molecule has 1 aromatic carbocycles. The van der Waals surface area contributed by atoms with Gasteiger partial charge in [0, 0.05) is 15.9 Å². The molecule has 1 N–H and O–H groups in total. The summed E-state index contributed by atoms with van der Waals surface area (Å²) in [5.74, 6) is 0. The Morgan fingerprint density at radius 2 is 1.94 bits per heavy atom. The minimum absolute atomic E-state index is 0.926. The van der Waals surface area contributed by atoms with E-state index >= 15 is 0 Å². The van der Waals surface area contributed by atoms with Crippen LogP contribution in [0.25, 0.3) is 11.1 Å². The van der Waals surface area contributed by atoms with Crippen molar-refractivity contribution in [3.63, 3.8) is 0 Å². The summed E-state index contributed by atoms with van der Waals surface area (Å²) in [6.07, 6.45) is 0. The molecule has 2 rings (SSSR count). The molecule has 0 unspecified atom stereocenters. The molecule has 0 amide bonds. The topological polar surface area (TPSA) is 12.0 Å². The Morgan fingerprint density at radius 3 is 2.56 bits per heavy atom. The number of hydrogen-bond donors (Lipinski definition) is 1. The molecule has 0 fully saturated rings. The Kier molecular flexibility index (Phi) is 3.79. The molecule has 0 radical (unpaired) electrons. The van der Waals surface area contributed by atoms with Crippen LogP contribution in [0.5, 0.6) is 0 Å². The molecule has 0 bridgehead atoms. The lowest BCUT2D eigenvalue weighted by atomic mass is 10.0. The van der Waals surface area contributed by atoms with E-state index in [1.807, 2.05) is 18.4 Å². The standard InChI is InChI=1S/C13H14BrNS/c1-9-13(11(7-15-2)8-16-9)10-3-5-12(14)6-4-10/h3-6,8,15H,7H2,1-2H3. The summed E-state index contributed by atoms with van der Waals surface area (Å²) in [6, 6.07) is 8.52. The number of thiophene rings is 1. The molecule has 16 heavy (non-hydrogen) atoms. The Morgan fingerprint density at radius 1 is 1.25 bits per heavy atom. The highest BCUT2D eigenvalue weighted by atomic mass is 79.9. The number of benzene rings is 1. The van der Waals surface area contributed by atoms with Crippen LogP contribution in [-0.4, -0.2) is 7.05 Å². The number of aryl methyl sites for hydroxylation is 1. The third-order valence-electron chi connectivity index (χ3n) is 2.55. The van der Waals surface area contributed by atoms with Crippen molar-refractivity contribution in [3.05, 3.63) is 44.6 Å². The first-order valence-electron chi connectivity index (χ1n) is 5.20. The summed E-state index contributed by atoms with van der Waals surface area (Å²) in [7, 11) is 1.98. The van der Waals surface area contributed by atoms with Gasteiger partial charge in [-0.05, 0) is 48.2 Å². The molecule has 0 aliphatic rings. The predicted octanol–water partition coefficient (Wildman–Crippen LogP) is 4.21. The SMILES string of the molecule is CNCc1csc(C)c1-c1ccc(Br)cc1. The second-order valence-electron chi connectivity index (χ2n) is 3.73. The summed E-state index contributed by atoms with van der Waals surface area (Å²) >= 11 is 5.29. The van der Waals surface area contributed by atoms with Crippen LogP contribution >= 0.6 is 27.3 Å². The maximum atomic E-state index is 3.47. The molecule has 0 aliphatic carbocycles. The average Bonchev–Trinajstić information content (AvgIpc) is 2.62. The largest absolute Gasteiger partial charge is 0.316 e. The fraction of sp³-hybridized carbons (Fsp3) is 0.231. The van der Waals surface area contributed by atoms with E-state index in [9.17, 15) is 0 Å². The molecule has 3 heteroatoms. The lowest BCUT2D eigenvalue weighted by Crippen LogP contribution is -2.05. The van der Waals surface area contributed by atoms with Crippen LogP contribution in [0.2, 0.25) is 0 Å². The Labute approximate surface area is 109 Å². The van der Waals surface area contributed by atoms with Gasteiger partial charge in [-0.3, -0.25) is 0 Å². The highest BCUT2D eigenvalue weighted by molar-refractivity contribution is 9.10. The van der Waals surface area contributed by atoms with Gasteiger partial charge in [-0.2, -0.15) is 0 Å². The Hall–Kier alpha value is -0.640. The monoisotopic (exact) mass is 295 g/mol. The lowest BCUT2D eigenvalue weighted by molar-refractivity contribution is 0.822. The normalized spacial score (nSPS) is 10.7. The lowest BCUT2D eigenvalue weighted by Gasteiger charge is -2.06. The van der Waals surface area contributed by atoms with Gasteiger partial charge in [0.05, 0.1) is 0 Å². The molecular formula is C13H14BrNS. The van der Waals surface area contributed by atoms with E-state index in [1.54, 1.807) is 0 Å². The van der Waals surface area contributed by atoms with Gasteiger partial charge in [0.25, 0.3) is 0 Å². The Balaban J connectivity index is 2.45. The van der Waals surface area contributed by atoms with Gasteiger partial charge in [0.1, 0.15) is 0 Å². The van der Waals surface area contributed by atoms with Crippen molar-refractivity contribution in [2.45, 2.75) is 13.5 Å². The van der Waals surface area contributed by atoms with Crippen LogP contribution < -0.4 is 5.32 Å². The molecule has 1 nitrogen and oxygen atoms in total. The zero-order valence-corrected chi connectivity index (χ0v) is 11.8. The van der Waals surface area contributed by atoms with Gasteiger partial charge in [-0.15, -0.1) is 11.3 Å².